The van der Waals surface area contributed by atoms with Crippen molar-refractivity contribution in [3.05, 3.63) is 71.4 Å². The van der Waals surface area contributed by atoms with Gasteiger partial charge in [-0.3, -0.25) is 5.32 Å². The van der Waals surface area contributed by atoms with Crippen molar-refractivity contribution in [2.24, 2.45) is 0 Å². The first-order valence-corrected chi connectivity index (χ1v) is 12.6. The predicted molar refractivity (Wildman–Crippen MR) is 133 cm³/mol. The molecule has 35 heavy (non-hydrogen) atoms. The highest BCUT2D eigenvalue weighted by molar-refractivity contribution is 7.87. The van der Waals surface area contributed by atoms with Gasteiger partial charge in [-0.1, -0.05) is 23.7 Å². The fourth-order valence-electron chi connectivity index (χ4n) is 3.54. The molecule has 0 saturated carbocycles. The van der Waals surface area contributed by atoms with Crippen LogP contribution in [-0.2, 0) is 16.8 Å². The van der Waals surface area contributed by atoms with Gasteiger partial charge in [0.2, 0.25) is 0 Å². The number of amides is 4. The van der Waals surface area contributed by atoms with Crippen LogP contribution >= 0.6 is 11.6 Å². The molecule has 0 aliphatic carbocycles. The first-order chi connectivity index (χ1) is 16.8. The van der Waals surface area contributed by atoms with Crippen LogP contribution in [0.15, 0.2) is 60.8 Å². The van der Waals surface area contributed by atoms with Crippen LogP contribution in [0.1, 0.15) is 18.4 Å². The van der Waals surface area contributed by atoms with Crippen molar-refractivity contribution in [2.75, 3.05) is 23.7 Å². The highest BCUT2D eigenvalue weighted by atomic mass is 35.5. The van der Waals surface area contributed by atoms with Gasteiger partial charge in [0.05, 0.1) is 11.9 Å². The van der Waals surface area contributed by atoms with Gasteiger partial charge >= 0.3 is 22.3 Å². The molecule has 11 nitrogen and oxygen atoms in total. The van der Waals surface area contributed by atoms with Crippen molar-refractivity contribution in [3.8, 4) is 5.69 Å². The third-order valence-corrected chi connectivity index (χ3v) is 6.96. The summed E-state index contributed by atoms with van der Waals surface area (Å²) >= 11 is 5.86. The van der Waals surface area contributed by atoms with Gasteiger partial charge in [0.1, 0.15) is 5.82 Å². The van der Waals surface area contributed by atoms with E-state index < -0.39 is 22.3 Å². The summed E-state index contributed by atoms with van der Waals surface area (Å²) in [5.74, 6) is 0.427. The lowest BCUT2D eigenvalue weighted by Gasteiger charge is -2.16. The second kappa shape index (κ2) is 10.8. The quantitative estimate of drug-likeness (QED) is 0.381. The molecule has 0 unspecified atom stereocenters. The molecule has 0 spiro atoms. The second-order valence-electron chi connectivity index (χ2n) is 7.78. The lowest BCUT2D eigenvalue weighted by Crippen LogP contribution is -2.46. The Bertz CT molecular complexity index is 1310. The number of anilines is 2. The van der Waals surface area contributed by atoms with Crippen LogP contribution in [0.2, 0.25) is 5.02 Å². The third-order valence-electron chi connectivity index (χ3n) is 5.22. The molecule has 1 aliphatic rings. The van der Waals surface area contributed by atoms with Crippen LogP contribution in [0, 0.1) is 0 Å². The number of hydrogen-bond donors (Lipinski definition) is 4. The van der Waals surface area contributed by atoms with Crippen LogP contribution in [0.4, 0.5) is 21.1 Å². The third kappa shape index (κ3) is 6.50. The molecule has 4 amide bonds. The standard InChI is InChI=1S/C22H24ClN7O4S/c23-17-6-8-18(9-7-17)26-22(32)27-20-10-11-25-30(20)19-5-3-4-16(14-19)15-24-21(31)28-35(33,34)29-12-1-2-13-29/h3-11,14H,1-2,12-13,15H2,(H2,24,28,31)(H2,26,27,32). The van der Waals surface area contributed by atoms with Crippen molar-refractivity contribution in [1.29, 1.82) is 0 Å². The van der Waals surface area contributed by atoms with Gasteiger partial charge < -0.3 is 10.6 Å². The Morgan fingerprint density at radius 2 is 1.71 bits per heavy atom. The van der Waals surface area contributed by atoms with E-state index in [2.05, 4.69) is 21.0 Å². The Hall–Kier alpha value is -3.61. The number of nitrogens with one attached hydrogen (secondary N) is 4. The van der Waals surface area contributed by atoms with E-state index in [0.717, 1.165) is 12.8 Å². The van der Waals surface area contributed by atoms with Crippen molar-refractivity contribution in [1.82, 2.24) is 24.1 Å². The number of urea groups is 2. The largest absolute Gasteiger partial charge is 0.333 e. The average molecular weight is 518 g/mol. The fraction of sp³-hybridized carbons (Fsp3) is 0.227. The van der Waals surface area contributed by atoms with Gasteiger partial charge in [-0.25, -0.2) is 19.0 Å². The molecule has 2 heterocycles. The molecule has 0 atom stereocenters. The van der Waals surface area contributed by atoms with Crippen molar-refractivity contribution >= 4 is 45.4 Å². The summed E-state index contributed by atoms with van der Waals surface area (Å²) in [6.45, 7) is 0.904. The fourth-order valence-corrected chi connectivity index (χ4v) is 4.84. The molecule has 1 saturated heterocycles. The summed E-state index contributed by atoms with van der Waals surface area (Å²) in [6, 6.07) is 14.2. The van der Waals surface area contributed by atoms with Crippen molar-refractivity contribution in [3.63, 3.8) is 0 Å². The number of halogens is 1. The second-order valence-corrected chi connectivity index (χ2v) is 9.89. The maximum absolute atomic E-state index is 12.4. The van der Waals surface area contributed by atoms with Crippen LogP contribution in [0.3, 0.4) is 0 Å². The van der Waals surface area contributed by atoms with Crippen molar-refractivity contribution in [2.45, 2.75) is 19.4 Å². The summed E-state index contributed by atoms with van der Waals surface area (Å²) in [4.78, 5) is 24.5. The molecule has 4 N–H and O–H groups in total. The maximum Gasteiger partial charge on any atom is 0.329 e. The highest BCUT2D eigenvalue weighted by Gasteiger charge is 2.26. The first-order valence-electron chi connectivity index (χ1n) is 10.8. The normalized spacial score (nSPS) is 13.9. The summed E-state index contributed by atoms with van der Waals surface area (Å²) in [5.41, 5.74) is 1.93. The van der Waals surface area contributed by atoms with Crippen LogP contribution in [0.25, 0.3) is 5.69 Å². The Morgan fingerprint density at radius 1 is 0.971 bits per heavy atom. The van der Waals surface area contributed by atoms with E-state index in [9.17, 15) is 18.0 Å². The number of hydrogen-bond acceptors (Lipinski definition) is 5. The van der Waals surface area contributed by atoms with E-state index >= 15 is 0 Å². The Balaban J connectivity index is 1.36. The molecule has 3 aromatic rings. The molecule has 0 radical (unpaired) electrons. The monoisotopic (exact) mass is 517 g/mol. The molecule has 13 heteroatoms. The Morgan fingerprint density at radius 3 is 2.46 bits per heavy atom. The first kappa shape index (κ1) is 24.5. The lowest BCUT2D eigenvalue weighted by molar-refractivity contribution is 0.244. The van der Waals surface area contributed by atoms with Gasteiger partial charge in [-0.15, -0.1) is 0 Å². The van der Waals surface area contributed by atoms with Gasteiger partial charge in [-0.05, 0) is 54.8 Å². The zero-order valence-corrected chi connectivity index (χ0v) is 20.1. The predicted octanol–water partition coefficient (Wildman–Crippen LogP) is 3.31. The van der Waals surface area contributed by atoms with Gasteiger partial charge in [0.25, 0.3) is 0 Å². The van der Waals surface area contributed by atoms with Gasteiger partial charge in [0, 0.05) is 36.4 Å². The molecular formula is C22H24ClN7O4S. The molecule has 1 aliphatic heterocycles. The average Bonchev–Trinajstić information content (AvgIpc) is 3.52. The zero-order chi connectivity index (χ0) is 24.8. The molecule has 1 aromatic heterocycles. The Kier molecular flexibility index (Phi) is 7.54. The molecule has 4 rings (SSSR count). The minimum Gasteiger partial charge on any atom is -0.333 e. The minimum atomic E-state index is -3.84. The number of nitrogens with zero attached hydrogens (tertiary/aromatic N) is 3. The Labute approximate surface area is 207 Å². The zero-order valence-electron chi connectivity index (χ0n) is 18.6. The summed E-state index contributed by atoms with van der Waals surface area (Å²) in [6.07, 6.45) is 3.10. The van der Waals surface area contributed by atoms with Gasteiger partial charge in [0.15, 0.2) is 0 Å². The minimum absolute atomic E-state index is 0.0935. The van der Waals surface area contributed by atoms with E-state index in [-0.39, 0.29) is 6.54 Å². The van der Waals surface area contributed by atoms with Crippen LogP contribution in [0.5, 0.6) is 0 Å². The van der Waals surface area contributed by atoms with E-state index in [0.29, 0.717) is 40.9 Å². The SMILES string of the molecule is O=C(Nc1ccc(Cl)cc1)Nc1ccnn1-c1cccc(CNC(=O)NS(=O)(=O)N2CCCC2)c1. The van der Waals surface area contributed by atoms with Gasteiger partial charge in [-0.2, -0.15) is 17.8 Å². The molecule has 1 fully saturated rings. The van der Waals surface area contributed by atoms with E-state index in [1.54, 1.807) is 60.8 Å². The number of carbonyl (C=O) groups excluding carboxylic acids is 2. The van der Waals surface area contributed by atoms with E-state index in [4.69, 9.17) is 11.6 Å². The summed E-state index contributed by atoms with van der Waals surface area (Å²) in [7, 11) is -3.84. The number of carbonyl (C=O) groups is 2. The highest BCUT2D eigenvalue weighted by Crippen LogP contribution is 2.18. The molecule has 0 bridgehead atoms. The summed E-state index contributed by atoms with van der Waals surface area (Å²) in [5, 5.41) is 12.8. The smallest absolute Gasteiger partial charge is 0.329 e. The molecule has 2 aromatic carbocycles. The van der Waals surface area contributed by atoms with Crippen LogP contribution < -0.4 is 20.7 Å². The van der Waals surface area contributed by atoms with Crippen LogP contribution in [-0.4, -0.2) is 47.7 Å². The molecular weight excluding hydrogens is 494 g/mol. The molecule has 184 valence electrons. The number of rotatable bonds is 7. The summed E-state index contributed by atoms with van der Waals surface area (Å²) < 4.78 is 29.2. The number of benzene rings is 2. The van der Waals surface area contributed by atoms with E-state index in [1.165, 1.54) is 8.99 Å². The van der Waals surface area contributed by atoms with Crippen molar-refractivity contribution < 1.29 is 18.0 Å². The van der Waals surface area contributed by atoms with E-state index in [1.807, 2.05) is 4.72 Å². The number of aromatic nitrogens is 2. The topological polar surface area (TPSA) is 137 Å². The maximum atomic E-state index is 12.4. The lowest BCUT2D eigenvalue weighted by atomic mass is 10.2.